The Balaban J connectivity index is 1.82. The lowest BCUT2D eigenvalue weighted by atomic mass is 9.49. The van der Waals surface area contributed by atoms with Crippen LogP contribution in [0, 0.1) is 0 Å². The lowest BCUT2D eigenvalue weighted by Crippen LogP contribution is -2.48. The summed E-state index contributed by atoms with van der Waals surface area (Å²) in [4.78, 5) is 8.67. The van der Waals surface area contributed by atoms with Gasteiger partial charge in [0.1, 0.15) is 0 Å². The molecule has 0 N–H and O–H groups in total. The van der Waals surface area contributed by atoms with Crippen LogP contribution < -0.4 is 0 Å². The predicted octanol–water partition coefficient (Wildman–Crippen LogP) is 7.13. The van der Waals surface area contributed by atoms with Crippen molar-refractivity contribution in [1.82, 2.24) is 9.97 Å². The highest BCUT2D eigenvalue weighted by atomic mass is 14.7. The van der Waals surface area contributed by atoms with Crippen molar-refractivity contribution >= 4 is 22.3 Å². The van der Waals surface area contributed by atoms with Gasteiger partial charge >= 0.3 is 0 Å². The van der Waals surface area contributed by atoms with E-state index in [9.17, 15) is 0 Å². The Morgan fingerprint density at radius 3 is 0.941 bits per heavy atom. The number of aromatic nitrogens is 2. The van der Waals surface area contributed by atoms with E-state index in [1.807, 2.05) is 24.8 Å². The molecule has 2 aliphatic rings. The molecule has 162 valence electrons. The van der Waals surface area contributed by atoms with Crippen LogP contribution in [0.3, 0.4) is 0 Å². The van der Waals surface area contributed by atoms with Crippen LogP contribution >= 0.6 is 0 Å². The molecule has 2 nitrogen and oxygen atoms in total. The minimum absolute atomic E-state index is 0.742. The number of benzene rings is 2. The highest BCUT2D eigenvalue weighted by Gasteiger charge is 2.65. The second-order valence-corrected chi connectivity index (χ2v) is 8.98. The van der Waals surface area contributed by atoms with Crippen molar-refractivity contribution in [3.63, 3.8) is 0 Å². The molecule has 0 bridgehead atoms. The van der Waals surface area contributed by atoms with Gasteiger partial charge < -0.3 is 0 Å². The van der Waals surface area contributed by atoms with Crippen molar-refractivity contribution in [3.05, 3.63) is 157 Å². The molecule has 0 saturated carbocycles. The number of nitrogens with zero attached hydrogens (tertiary/aromatic N) is 2. The average molecular weight is 437 g/mol. The Morgan fingerprint density at radius 1 is 0.412 bits per heavy atom. The van der Waals surface area contributed by atoms with Crippen LogP contribution in [-0.2, 0) is 10.8 Å². The standard InChI is InChI=1S/C32H24N2/c1-21-27-9-5-6-10-28(27)22(2)31(21,25-13-17-33-18-14-25)32(26-15-19-34-20-16-26)23(3)29-11-7-8-12-30(29)24(32)4/h5-20H,1-4H2. The second kappa shape index (κ2) is 7.10. The van der Waals surface area contributed by atoms with Gasteiger partial charge in [-0.25, -0.2) is 0 Å². The van der Waals surface area contributed by atoms with Crippen molar-refractivity contribution in [3.8, 4) is 0 Å². The van der Waals surface area contributed by atoms with Gasteiger partial charge in [-0.1, -0.05) is 74.8 Å². The zero-order chi connectivity index (χ0) is 23.5. The normalized spacial score (nSPS) is 17.5. The molecule has 0 saturated heterocycles. The molecule has 6 rings (SSSR count). The van der Waals surface area contributed by atoms with Crippen LogP contribution in [0.5, 0.6) is 0 Å². The molecule has 0 amide bonds. The molecule has 2 heterocycles. The topological polar surface area (TPSA) is 25.8 Å². The number of hydrogen-bond donors (Lipinski definition) is 0. The van der Waals surface area contributed by atoms with E-state index >= 15 is 0 Å². The van der Waals surface area contributed by atoms with E-state index in [1.54, 1.807) is 0 Å². The first kappa shape index (κ1) is 20.3. The predicted molar refractivity (Wildman–Crippen MR) is 141 cm³/mol. The first-order chi connectivity index (χ1) is 16.6. The third kappa shape index (κ3) is 2.20. The summed E-state index contributed by atoms with van der Waals surface area (Å²) < 4.78 is 0. The summed E-state index contributed by atoms with van der Waals surface area (Å²) in [7, 11) is 0. The Hall–Kier alpha value is -4.30. The van der Waals surface area contributed by atoms with Crippen molar-refractivity contribution in [2.24, 2.45) is 0 Å². The van der Waals surface area contributed by atoms with Crippen molar-refractivity contribution < 1.29 is 0 Å². The number of pyridine rings is 2. The lowest BCUT2D eigenvalue weighted by Gasteiger charge is -2.51. The fraction of sp³-hybridized carbons (Fsp3) is 0.0625. The van der Waals surface area contributed by atoms with Gasteiger partial charge in [-0.3, -0.25) is 9.97 Å². The molecule has 2 aliphatic carbocycles. The van der Waals surface area contributed by atoms with E-state index in [0.717, 1.165) is 55.7 Å². The monoisotopic (exact) mass is 436 g/mol. The van der Waals surface area contributed by atoms with E-state index in [-0.39, 0.29) is 0 Å². The fourth-order valence-corrected chi connectivity index (χ4v) is 6.43. The largest absolute Gasteiger partial charge is 0.265 e. The van der Waals surface area contributed by atoms with Crippen LogP contribution in [0.1, 0.15) is 33.4 Å². The molecule has 2 aromatic carbocycles. The zero-order valence-corrected chi connectivity index (χ0v) is 19.0. The molecule has 2 aromatic heterocycles. The molecule has 34 heavy (non-hydrogen) atoms. The quantitative estimate of drug-likeness (QED) is 0.341. The summed E-state index contributed by atoms with van der Waals surface area (Å²) in [6.45, 7) is 19.0. The van der Waals surface area contributed by atoms with Crippen molar-refractivity contribution in [1.29, 1.82) is 0 Å². The number of fused-ring (bicyclic) bond motifs is 2. The Morgan fingerprint density at radius 2 is 0.676 bits per heavy atom. The van der Waals surface area contributed by atoms with Gasteiger partial charge in [-0.15, -0.1) is 0 Å². The first-order valence-electron chi connectivity index (χ1n) is 11.3. The molecular weight excluding hydrogens is 412 g/mol. The van der Waals surface area contributed by atoms with Crippen LogP contribution in [0.2, 0.25) is 0 Å². The van der Waals surface area contributed by atoms with E-state index < -0.39 is 10.8 Å². The van der Waals surface area contributed by atoms with Gasteiger partial charge in [0.25, 0.3) is 0 Å². The van der Waals surface area contributed by atoms with E-state index in [1.165, 1.54) is 0 Å². The highest BCUT2D eigenvalue weighted by molar-refractivity contribution is 6.14. The van der Waals surface area contributed by atoms with Gasteiger partial charge in [0, 0.05) is 24.8 Å². The Kier molecular flexibility index (Phi) is 4.24. The van der Waals surface area contributed by atoms with E-state index in [2.05, 4.69) is 82.8 Å². The molecule has 0 radical (unpaired) electrons. The van der Waals surface area contributed by atoms with Gasteiger partial charge in [0.2, 0.25) is 0 Å². The molecule has 0 spiro atoms. The maximum absolute atomic E-state index is 4.74. The van der Waals surface area contributed by atoms with E-state index in [4.69, 9.17) is 26.3 Å². The van der Waals surface area contributed by atoms with E-state index in [0.29, 0.717) is 0 Å². The molecule has 0 fully saturated rings. The van der Waals surface area contributed by atoms with Gasteiger partial charge in [-0.05, 0) is 79.9 Å². The first-order valence-corrected chi connectivity index (χ1v) is 11.3. The second-order valence-electron chi connectivity index (χ2n) is 8.98. The van der Waals surface area contributed by atoms with Crippen LogP contribution in [0.25, 0.3) is 22.3 Å². The third-order valence-corrected chi connectivity index (χ3v) is 7.75. The fourth-order valence-electron chi connectivity index (χ4n) is 6.43. The zero-order valence-electron chi connectivity index (χ0n) is 19.0. The maximum Gasteiger partial charge on any atom is 0.0630 e. The molecule has 0 aliphatic heterocycles. The average Bonchev–Trinajstić information content (AvgIpc) is 3.26. The van der Waals surface area contributed by atoms with Gasteiger partial charge in [0.05, 0.1) is 10.8 Å². The van der Waals surface area contributed by atoms with Gasteiger partial charge in [0.15, 0.2) is 0 Å². The van der Waals surface area contributed by atoms with Crippen molar-refractivity contribution in [2.75, 3.05) is 0 Å². The highest BCUT2D eigenvalue weighted by Crippen LogP contribution is 2.72. The molecule has 0 atom stereocenters. The molecule has 4 aromatic rings. The smallest absolute Gasteiger partial charge is 0.0630 e. The van der Waals surface area contributed by atoms with Gasteiger partial charge in [-0.2, -0.15) is 0 Å². The minimum Gasteiger partial charge on any atom is -0.265 e. The van der Waals surface area contributed by atoms with Crippen LogP contribution in [0.15, 0.2) is 124 Å². The van der Waals surface area contributed by atoms with Crippen LogP contribution in [0.4, 0.5) is 0 Å². The molecule has 2 heteroatoms. The van der Waals surface area contributed by atoms with Crippen molar-refractivity contribution in [2.45, 2.75) is 10.8 Å². The van der Waals surface area contributed by atoms with Crippen LogP contribution in [-0.4, -0.2) is 9.97 Å². The minimum atomic E-state index is -0.742. The summed E-state index contributed by atoms with van der Waals surface area (Å²) in [5, 5.41) is 0. The Bertz CT molecular complexity index is 1320. The summed E-state index contributed by atoms with van der Waals surface area (Å²) in [6, 6.07) is 25.1. The summed E-state index contributed by atoms with van der Waals surface area (Å²) >= 11 is 0. The Labute approximate surface area is 200 Å². The number of hydrogen-bond acceptors (Lipinski definition) is 2. The summed E-state index contributed by atoms with van der Waals surface area (Å²) in [5.74, 6) is 0. The molecule has 0 unspecified atom stereocenters. The number of allylic oxidation sites excluding steroid dienone is 4. The lowest BCUT2D eigenvalue weighted by molar-refractivity contribution is 0.556. The number of rotatable bonds is 3. The SMILES string of the molecule is C=C1c2ccccc2C(=C)C1(c1ccncc1)C1(c2ccncc2)C(=C)c2ccccc2C1=C. The molecular formula is C32H24N2. The third-order valence-electron chi connectivity index (χ3n) is 7.75. The summed E-state index contributed by atoms with van der Waals surface area (Å²) in [6.07, 6.45) is 7.37. The summed E-state index contributed by atoms with van der Waals surface area (Å²) in [5.41, 5.74) is 9.05. The maximum atomic E-state index is 4.74.